The quantitative estimate of drug-likeness (QED) is 0.768. The van der Waals surface area contributed by atoms with Gasteiger partial charge in [-0.15, -0.1) is 11.3 Å². The number of ether oxygens (including phenoxy) is 1. The number of nitrogens with one attached hydrogen (secondary N) is 2. The van der Waals surface area contributed by atoms with Gasteiger partial charge >= 0.3 is 12.2 Å². The minimum atomic E-state index is -4.32. The standard InChI is InChI=1S/C17H19F3N2O2S/c1-12-6-7-25-15(12)9-22-16(23)21-8-13-2-4-14(5-3-13)10-24-11-17(18,19)20/h2-7H,8-11H2,1H3,(H2,21,22,23). The van der Waals surface area contributed by atoms with Crippen molar-refractivity contribution in [1.29, 1.82) is 0 Å². The Labute approximate surface area is 148 Å². The second kappa shape index (κ2) is 8.87. The van der Waals surface area contributed by atoms with E-state index in [-0.39, 0.29) is 12.6 Å². The van der Waals surface area contributed by atoms with Gasteiger partial charge in [-0.2, -0.15) is 13.2 Å². The van der Waals surface area contributed by atoms with Gasteiger partial charge in [0.25, 0.3) is 0 Å². The second-order valence-corrected chi connectivity index (χ2v) is 6.49. The topological polar surface area (TPSA) is 50.4 Å². The summed E-state index contributed by atoms with van der Waals surface area (Å²) in [6.07, 6.45) is -4.32. The van der Waals surface area contributed by atoms with Crippen LogP contribution in [-0.2, 0) is 24.4 Å². The molecule has 136 valence electrons. The van der Waals surface area contributed by atoms with Crippen molar-refractivity contribution >= 4 is 17.4 Å². The Hall–Kier alpha value is -2.06. The van der Waals surface area contributed by atoms with Crippen LogP contribution in [0.15, 0.2) is 35.7 Å². The van der Waals surface area contributed by atoms with Crippen molar-refractivity contribution in [3.63, 3.8) is 0 Å². The first-order valence-corrected chi connectivity index (χ1v) is 8.48. The van der Waals surface area contributed by atoms with Gasteiger partial charge in [0.2, 0.25) is 0 Å². The Kier molecular flexibility index (Phi) is 6.83. The summed E-state index contributed by atoms with van der Waals surface area (Å²) in [6, 6.07) is 8.58. The van der Waals surface area contributed by atoms with Gasteiger partial charge in [-0.25, -0.2) is 4.79 Å². The third kappa shape index (κ3) is 7.15. The Morgan fingerprint density at radius 2 is 1.72 bits per heavy atom. The maximum Gasteiger partial charge on any atom is 0.411 e. The number of alkyl halides is 3. The average molecular weight is 372 g/mol. The summed E-state index contributed by atoms with van der Waals surface area (Å²) < 4.78 is 40.6. The molecule has 2 aromatic rings. The van der Waals surface area contributed by atoms with Crippen molar-refractivity contribution in [2.24, 2.45) is 0 Å². The van der Waals surface area contributed by atoms with Crippen molar-refractivity contribution in [3.8, 4) is 0 Å². The van der Waals surface area contributed by atoms with Crippen molar-refractivity contribution in [1.82, 2.24) is 10.6 Å². The summed E-state index contributed by atoms with van der Waals surface area (Å²) in [6.45, 7) is 1.43. The predicted octanol–water partition coefficient (Wildman–Crippen LogP) is 4.13. The number of carbonyl (C=O) groups is 1. The van der Waals surface area contributed by atoms with Crippen LogP contribution in [0.5, 0.6) is 0 Å². The van der Waals surface area contributed by atoms with Crippen molar-refractivity contribution < 1.29 is 22.7 Å². The van der Waals surface area contributed by atoms with E-state index < -0.39 is 12.8 Å². The Balaban J connectivity index is 1.70. The average Bonchev–Trinajstić information content (AvgIpc) is 2.96. The number of hydrogen-bond acceptors (Lipinski definition) is 3. The first-order valence-electron chi connectivity index (χ1n) is 7.60. The summed E-state index contributed by atoms with van der Waals surface area (Å²) >= 11 is 1.59. The highest BCUT2D eigenvalue weighted by Gasteiger charge is 2.27. The highest BCUT2D eigenvalue weighted by atomic mass is 32.1. The molecule has 0 unspecified atom stereocenters. The fourth-order valence-corrected chi connectivity index (χ4v) is 2.87. The molecular formula is C17H19F3N2O2S. The normalized spacial score (nSPS) is 11.4. The van der Waals surface area contributed by atoms with Crippen LogP contribution in [0, 0.1) is 6.92 Å². The molecule has 0 fully saturated rings. The zero-order valence-corrected chi connectivity index (χ0v) is 14.5. The van der Waals surface area contributed by atoms with Gasteiger partial charge in [-0.3, -0.25) is 0 Å². The molecule has 2 N–H and O–H groups in total. The van der Waals surface area contributed by atoms with Crippen molar-refractivity contribution in [3.05, 3.63) is 57.3 Å². The lowest BCUT2D eigenvalue weighted by Gasteiger charge is -2.09. The molecular weight excluding hydrogens is 353 g/mol. The number of carbonyl (C=O) groups excluding carboxylic acids is 1. The fourth-order valence-electron chi connectivity index (χ4n) is 2.03. The molecule has 0 aliphatic carbocycles. The van der Waals surface area contributed by atoms with Crippen LogP contribution in [0.1, 0.15) is 21.6 Å². The number of urea groups is 1. The minimum absolute atomic E-state index is 0.103. The minimum Gasteiger partial charge on any atom is -0.367 e. The molecule has 1 aromatic heterocycles. The van der Waals surface area contributed by atoms with E-state index >= 15 is 0 Å². The number of aryl methyl sites for hydroxylation is 1. The molecule has 0 saturated heterocycles. The smallest absolute Gasteiger partial charge is 0.367 e. The first kappa shape index (κ1) is 19.3. The molecule has 2 amide bonds. The van der Waals surface area contributed by atoms with Crippen LogP contribution in [0.25, 0.3) is 0 Å². The number of hydrogen-bond donors (Lipinski definition) is 2. The van der Waals surface area contributed by atoms with Gasteiger partial charge in [0.15, 0.2) is 0 Å². The number of thiophene rings is 1. The molecule has 0 aliphatic rings. The molecule has 2 rings (SSSR count). The van der Waals surface area contributed by atoms with Crippen LogP contribution in [0.2, 0.25) is 0 Å². The lowest BCUT2D eigenvalue weighted by atomic mass is 10.1. The van der Waals surface area contributed by atoms with Gasteiger partial charge in [-0.05, 0) is 35.1 Å². The Morgan fingerprint density at radius 1 is 1.08 bits per heavy atom. The summed E-state index contributed by atoms with van der Waals surface area (Å²) in [5.74, 6) is 0. The zero-order valence-electron chi connectivity index (χ0n) is 13.7. The van der Waals surface area contributed by atoms with Crippen LogP contribution >= 0.6 is 11.3 Å². The molecule has 0 atom stereocenters. The summed E-state index contributed by atoms with van der Waals surface area (Å²) in [7, 11) is 0. The lowest BCUT2D eigenvalue weighted by Crippen LogP contribution is -2.34. The number of rotatable bonds is 7. The number of amides is 2. The lowest BCUT2D eigenvalue weighted by molar-refractivity contribution is -0.176. The largest absolute Gasteiger partial charge is 0.411 e. The van der Waals surface area contributed by atoms with E-state index in [1.807, 2.05) is 18.4 Å². The molecule has 0 radical (unpaired) electrons. The fraction of sp³-hybridized carbons (Fsp3) is 0.353. The third-order valence-electron chi connectivity index (χ3n) is 3.39. The molecule has 0 saturated carbocycles. The second-order valence-electron chi connectivity index (χ2n) is 5.49. The summed E-state index contributed by atoms with van der Waals surface area (Å²) in [5.41, 5.74) is 2.64. The maximum atomic E-state index is 12.0. The maximum absolute atomic E-state index is 12.0. The van der Waals surface area contributed by atoms with Gasteiger partial charge in [0.05, 0.1) is 13.2 Å². The molecule has 0 bridgehead atoms. The van der Waals surface area contributed by atoms with Gasteiger partial charge in [0.1, 0.15) is 6.61 Å². The third-order valence-corrected chi connectivity index (χ3v) is 4.41. The van der Waals surface area contributed by atoms with E-state index in [0.29, 0.717) is 18.7 Å². The predicted molar refractivity (Wildman–Crippen MR) is 90.3 cm³/mol. The number of benzene rings is 1. The summed E-state index contributed by atoms with van der Waals surface area (Å²) in [5, 5.41) is 7.50. The van der Waals surface area contributed by atoms with E-state index in [0.717, 1.165) is 16.0 Å². The summed E-state index contributed by atoms with van der Waals surface area (Å²) in [4.78, 5) is 12.9. The van der Waals surface area contributed by atoms with E-state index in [1.54, 1.807) is 35.6 Å². The van der Waals surface area contributed by atoms with Gasteiger partial charge in [-0.1, -0.05) is 24.3 Å². The van der Waals surface area contributed by atoms with Crippen molar-refractivity contribution in [2.45, 2.75) is 32.8 Å². The molecule has 1 heterocycles. The van der Waals surface area contributed by atoms with Crippen LogP contribution in [-0.4, -0.2) is 18.8 Å². The molecule has 0 spiro atoms. The Bertz CT molecular complexity index is 684. The molecule has 0 aliphatic heterocycles. The van der Waals surface area contributed by atoms with Gasteiger partial charge < -0.3 is 15.4 Å². The van der Waals surface area contributed by atoms with Gasteiger partial charge in [0, 0.05) is 11.4 Å². The monoisotopic (exact) mass is 372 g/mol. The molecule has 4 nitrogen and oxygen atoms in total. The highest BCUT2D eigenvalue weighted by molar-refractivity contribution is 7.10. The van der Waals surface area contributed by atoms with Crippen LogP contribution in [0.3, 0.4) is 0 Å². The SMILES string of the molecule is Cc1ccsc1CNC(=O)NCc1ccc(COCC(F)(F)F)cc1. The van der Waals surface area contributed by atoms with E-state index in [1.165, 1.54) is 0 Å². The first-order chi connectivity index (χ1) is 11.8. The Morgan fingerprint density at radius 3 is 2.32 bits per heavy atom. The van der Waals surface area contributed by atoms with Crippen LogP contribution < -0.4 is 10.6 Å². The molecule has 8 heteroatoms. The zero-order chi connectivity index (χ0) is 18.3. The van der Waals surface area contributed by atoms with E-state index in [4.69, 9.17) is 0 Å². The van der Waals surface area contributed by atoms with Crippen molar-refractivity contribution in [2.75, 3.05) is 6.61 Å². The highest BCUT2D eigenvalue weighted by Crippen LogP contribution is 2.16. The van der Waals surface area contributed by atoms with E-state index in [2.05, 4.69) is 15.4 Å². The molecule has 25 heavy (non-hydrogen) atoms. The van der Waals surface area contributed by atoms with Crippen LogP contribution in [0.4, 0.5) is 18.0 Å². The van der Waals surface area contributed by atoms with E-state index in [9.17, 15) is 18.0 Å². The number of halogens is 3. The molecule has 1 aromatic carbocycles.